The van der Waals surface area contributed by atoms with Crippen LogP contribution in [0.25, 0.3) is 0 Å². The molecule has 0 radical (unpaired) electrons. The largest absolute Gasteiger partial charge is 0.462 e. The van der Waals surface area contributed by atoms with E-state index in [-0.39, 0.29) is 31.1 Å². The van der Waals surface area contributed by atoms with Crippen LogP contribution in [0.1, 0.15) is 400 Å². The Bertz CT molecular complexity index is 1260. The third-order valence-electron chi connectivity index (χ3n) is 16.2. The van der Waals surface area contributed by atoms with Crippen molar-refractivity contribution in [1.29, 1.82) is 0 Å². The molecule has 0 aromatic rings. The smallest absolute Gasteiger partial charge is 0.306 e. The Morgan fingerprint density at radius 1 is 0.256 bits per heavy atom. The van der Waals surface area contributed by atoms with Crippen LogP contribution in [0, 0.1) is 0 Å². The van der Waals surface area contributed by atoms with Crippen LogP contribution in [0.4, 0.5) is 0 Å². The second kappa shape index (κ2) is 67.4. The Hall–Kier alpha value is -2.11. The summed E-state index contributed by atoms with van der Waals surface area (Å²) in [5, 5.41) is 0. The minimum atomic E-state index is -0.770. The molecule has 0 amide bonds. The molecule has 460 valence electrons. The lowest BCUT2D eigenvalue weighted by atomic mass is 10.0. The van der Waals surface area contributed by atoms with Gasteiger partial charge in [0.25, 0.3) is 0 Å². The minimum Gasteiger partial charge on any atom is -0.462 e. The van der Waals surface area contributed by atoms with Crippen molar-refractivity contribution < 1.29 is 28.6 Å². The Kier molecular flexibility index (Phi) is 65.6. The lowest BCUT2D eigenvalue weighted by molar-refractivity contribution is -0.167. The molecule has 0 heterocycles. The van der Waals surface area contributed by atoms with Crippen molar-refractivity contribution in [3.63, 3.8) is 0 Å². The topological polar surface area (TPSA) is 78.9 Å². The highest BCUT2D eigenvalue weighted by Gasteiger charge is 2.19. The maximum atomic E-state index is 12.9. The molecule has 0 N–H and O–H groups in total. The molecule has 0 aliphatic carbocycles. The molecule has 0 aliphatic heterocycles. The third-order valence-corrected chi connectivity index (χ3v) is 16.2. The summed E-state index contributed by atoms with van der Waals surface area (Å²) >= 11 is 0. The van der Waals surface area contributed by atoms with E-state index in [1.54, 1.807) is 0 Å². The van der Waals surface area contributed by atoms with E-state index in [1.807, 2.05) is 0 Å². The fraction of sp³-hybridized carbons (Fsp3) is 0.903. The summed E-state index contributed by atoms with van der Waals surface area (Å²) in [7, 11) is 0. The first-order chi connectivity index (χ1) is 38.5. The van der Waals surface area contributed by atoms with Crippen LogP contribution in [-0.4, -0.2) is 37.2 Å². The van der Waals surface area contributed by atoms with Gasteiger partial charge in [0.05, 0.1) is 0 Å². The predicted molar refractivity (Wildman–Crippen MR) is 340 cm³/mol. The average molecular weight is 1100 g/mol. The molecular formula is C72H136O6. The maximum absolute atomic E-state index is 12.9. The van der Waals surface area contributed by atoms with E-state index in [2.05, 4.69) is 45.1 Å². The zero-order valence-corrected chi connectivity index (χ0v) is 53.0. The highest BCUT2D eigenvalue weighted by atomic mass is 16.6. The van der Waals surface area contributed by atoms with E-state index in [0.717, 1.165) is 64.2 Å². The minimum absolute atomic E-state index is 0.0667. The monoisotopic (exact) mass is 1100 g/mol. The van der Waals surface area contributed by atoms with Crippen LogP contribution in [0.5, 0.6) is 0 Å². The van der Waals surface area contributed by atoms with Gasteiger partial charge in [0.2, 0.25) is 0 Å². The van der Waals surface area contributed by atoms with E-state index in [0.29, 0.717) is 19.3 Å². The highest BCUT2D eigenvalue weighted by Crippen LogP contribution is 2.19. The Labute approximate surface area is 487 Å². The molecule has 0 saturated heterocycles. The van der Waals surface area contributed by atoms with Crippen molar-refractivity contribution in [2.24, 2.45) is 0 Å². The Morgan fingerprint density at radius 3 is 0.705 bits per heavy atom. The third kappa shape index (κ3) is 64.7. The van der Waals surface area contributed by atoms with Crippen molar-refractivity contribution in [2.75, 3.05) is 13.2 Å². The molecule has 0 saturated carbocycles. The molecule has 0 aromatic carbocycles. The molecule has 0 aromatic heterocycles. The standard InChI is InChI=1S/C72H136O6/c1-4-7-10-13-16-19-22-24-26-28-30-32-33-34-35-36-37-38-40-41-43-45-47-50-53-56-59-62-65-71(74)77-68-69(67-76-70(73)64-61-58-55-52-49-21-18-15-12-9-6-3)78-72(75)66-63-60-57-54-51-48-46-44-42-39-31-29-27-25-23-20-17-14-11-8-5-2/h23,25,29,31,69H,4-22,24,26-28,30,32-68H2,1-3H3/b25-23-,31-29-. The number of esters is 3. The molecule has 6 heteroatoms. The molecule has 0 bridgehead atoms. The number of allylic oxidation sites excluding steroid dienone is 4. The van der Waals surface area contributed by atoms with Crippen molar-refractivity contribution >= 4 is 17.9 Å². The zero-order valence-electron chi connectivity index (χ0n) is 53.0. The SMILES string of the molecule is CCCCCCC/C=C\C/C=C\CCCCCCCCCCCC(=O)OC(COC(=O)CCCCCCCCCCCCC)COC(=O)CCCCCCCCCCCCCCCCCCCCCCCCCCCCCC. The fourth-order valence-electron chi connectivity index (χ4n) is 10.9. The van der Waals surface area contributed by atoms with Crippen molar-refractivity contribution in [3.8, 4) is 0 Å². The van der Waals surface area contributed by atoms with Crippen molar-refractivity contribution in [2.45, 2.75) is 406 Å². The van der Waals surface area contributed by atoms with Crippen molar-refractivity contribution in [1.82, 2.24) is 0 Å². The quantitative estimate of drug-likeness (QED) is 0.0261. The van der Waals surface area contributed by atoms with E-state index in [9.17, 15) is 14.4 Å². The molecule has 1 unspecified atom stereocenters. The first-order valence-electron chi connectivity index (χ1n) is 35.3. The molecule has 1 atom stereocenters. The van der Waals surface area contributed by atoms with Gasteiger partial charge >= 0.3 is 17.9 Å². The number of hydrogen-bond donors (Lipinski definition) is 0. The van der Waals surface area contributed by atoms with E-state index in [4.69, 9.17) is 14.2 Å². The van der Waals surface area contributed by atoms with Gasteiger partial charge < -0.3 is 14.2 Å². The Morgan fingerprint density at radius 2 is 0.462 bits per heavy atom. The average Bonchev–Trinajstić information content (AvgIpc) is 3.44. The number of carbonyl (C=O) groups is 3. The van der Waals surface area contributed by atoms with Gasteiger partial charge in [-0.3, -0.25) is 14.4 Å². The molecule has 0 rings (SSSR count). The van der Waals surface area contributed by atoms with Gasteiger partial charge in [-0.05, 0) is 51.4 Å². The van der Waals surface area contributed by atoms with Crippen LogP contribution in [0.2, 0.25) is 0 Å². The summed E-state index contributed by atoms with van der Waals surface area (Å²) in [5.74, 6) is -0.842. The van der Waals surface area contributed by atoms with Gasteiger partial charge in [0.15, 0.2) is 6.10 Å². The summed E-state index contributed by atoms with van der Waals surface area (Å²) < 4.78 is 17.0. The number of ether oxygens (including phenoxy) is 3. The second-order valence-electron chi connectivity index (χ2n) is 24.2. The van der Waals surface area contributed by atoms with Crippen LogP contribution < -0.4 is 0 Å². The summed E-state index contributed by atoms with van der Waals surface area (Å²) in [6.45, 7) is 6.70. The molecule has 0 spiro atoms. The summed E-state index contributed by atoms with van der Waals surface area (Å²) in [6.07, 6.45) is 82.2. The van der Waals surface area contributed by atoms with E-state index in [1.165, 1.54) is 295 Å². The van der Waals surface area contributed by atoms with Crippen molar-refractivity contribution in [3.05, 3.63) is 24.3 Å². The highest BCUT2D eigenvalue weighted by molar-refractivity contribution is 5.71. The first-order valence-corrected chi connectivity index (χ1v) is 35.3. The molecular weight excluding hydrogens is 961 g/mol. The van der Waals surface area contributed by atoms with Gasteiger partial charge in [-0.1, -0.05) is 353 Å². The van der Waals surface area contributed by atoms with Gasteiger partial charge in [0, 0.05) is 19.3 Å². The lowest BCUT2D eigenvalue weighted by Gasteiger charge is -2.18. The molecule has 0 aliphatic rings. The van der Waals surface area contributed by atoms with Crippen LogP contribution in [0.15, 0.2) is 24.3 Å². The van der Waals surface area contributed by atoms with E-state index >= 15 is 0 Å². The molecule has 78 heavy (non-hydrogen) atoms. The van der Waals surface area contributed by atoms with Crippen LogP contribution >= 0.6 is 0 Å². The fourth-order valence-corrected chi connectivity index (χ4v) is 10.9. The number of rotatable bonds is 66. The maximum Gasteiger partial charge on any atom is 0.306 e. The van der Waals surface area contributed by atoms with E-state index < -0.39 is 6.10 Å². The normalized spacial score (nSPS) is 12.1. The first kappa shape index (κ1) is 75.9. The lowest BCUT2D eigenvalue weighted by Crippen LogP contribution is -2.30. The number of carbonyl (C=O) groups excluding carboxylic acids is 3. The van der Waals surface area contributed by atoms with Gasteiger partial charge in [-0.2, -0.15) is 0 Å². The second-order valence-corrected chi connectivity index (χ2v) is 24.2. The van der Waals surface area contributed by atoms with Gasteiger partial charge in [0.1, 0.15) is 13.2 Å². The summed E-state index contributed by atoms with van der Waals surface area (Å²) in [6, 6.07) is 0. The zero-order chi connectivity index (χ0) is 56.4. The number of unbranched alkanes of at least 4 members (excludes halogenated alkanes) is 51. The number of hydrogen-bond acceptors (Lipinski definition) is 6. The molecule has 6 nitrogen and oxygen atoms in total. The predicted octanol–water partition coefficient (Wildman–Crippen LogP) is 24.2. The van der Waals surface area contributed by atoms with Gasteiger partial charge in [-0.25, -0.2) is 0 Å². The molecule has 0 fully saturated rings. The van der Waals surface area contributed by atoms with Gasteiger partial charge in [-0.15, -0.1) is 0 Å². The van der Waals surface area contributed by atoms with Crippen LogP contribution in [-0.2, 0) is 28.6 Å². The Balaban J connectivity index is 4.15. The van der Waals surface area contributed by atoms with Crippen LogP contribution in [0.3, 0.4) is 0 Å². The summed E-state index contributed by atoms with van der Waals surface area (Å²) in [4.78, 5) is 38.3. The summed E-state index contributed by atoms with van der Waals surface area (Å²) in [5.41, 5.74) is 0.